The van der Waals surface area contributed by atoms with Crippen molar-refractivity contribution in [3.63, 3.8) is 0 Å². The van der Waals surface area contributed by atoms with Gasteiger partial charge in [-0.2, -0.15) is 8.78 Å². The summed E-state index contributed by atoms with van der Waals surface area (Å²) in [6, 6.07) is 6.27. The summed E-state index contributed by atoms with van der Waals surface area (Å²) in [6.07, 6.45) is 4.56. The van der Waals surface area contributed by atoms with Crippen LogP contribution in [0.1, 0.15) is 38.6 Å². The molecule has 1 aromatic heterocycles. The number of hydrogen-bond acceptors (Lipinski definition) is 6. The number of ether oxygens (including phenoxy) is 1. The van der Waals surface area contributed by atoms with Crippen molar-refractivity contribution in [3.05, 3.63) is 24.3 Å². The average molecular weight is 423 g/mol. The molecule has 7 nitrogen and oxygen atoms in total. The van der Waals surface area contributed by atoms with E-state index >= 15 is 0 Å². The van der Waals surface area contributed by atoms with Crippen LogP contribution in [0.4, 0.5) is 20.4 Å². The molecule has 0 bridgehead atoms. The highest BCUT2D eigenvalue weighted by Crippen LogP contribution is 2.42. The fraction of sp³-hybridized carbons (Fsp3) is 0.526. The predicted octanol–water partition coefficient (Wildman–Crippen LogP) is 3.93. The zero-order valence-corrected chi connectivity index (χ0v) is 16.9. The molecule has 0 spiro atoms. The van der Waals surface area contributed by atoms with E-state index in [0.29, 0.717) is 11.7 Å². The first-order chi connectivity index (χ1) is 14.0. The third kappa shape index (κ3) is 4.80. The second-order valence-corrected chi connectivity index (χ2v) is 8.54. The Morgan fingerprint density at radius 1 is 1.21 bits per heavy atom. The normalized spacial score (nSPS) is 17.6. The molecule has 2 aliphatic rings. The molecule has 1 aliphatic carbocycles. The highest BCUT2D eigenvalue weighted by Gasteiger charge is 2.33. The molecule has 2 aromatic rings. The highest BCUT2D eigenvalue weighted by atomic mass is 32.2. The van der Waals surface area contributed by atoms with E-state index in [0.717, 1.165) is 37.0 Å². The minimum atomic E-state index is -2.87. The first-order valence-corrected chi connectivity index (χ1v) is 10.6. The molecule has 2 fully saturated rings. The van der Waals surface area contributed by atoms with E-state index in [4.69, 9.17) is 0 Å². The number of rotatable bonds is 8. The van der Waals surface area contributed by atoms with Gasteiger partial charge < -0.3 is 15.0 Å². The zero-order valence-electron chi connectivity index (χ0n) is 16.1. The van der Waals surface area contributed by atoms with E-state index in [-0.39, 0.29) is 16.9 Å². The van der Waals surface area contributed by atoms with Gasteiger partial charge in [0.25, 0.3) is 0 Å². The largest absolute Gasteiger partial charge is 0.435 e. The second kappa shape index (κ2) is 8.56. The molecule has 0 radical (unpaired) electrons. The molecular weight excluding hydrogens is 400 g/mol. The van der Waals surface area contributed by atoms with Gasteiger partial charge in [-0.15, -0.1) is 10.2 Å². The Hall–Kier alpha value is -2.36. The number of hydrogen-bond donors (Lipinski definition) is 1. The topological polar surface area (TPSA) is 72.3 Å². The van der Waals surface area contributed by atoms with E-state index in [1.54, 1.807) is 0 Å². The SMILES string of the molecule is CC(Sc1nnc(N2CCCC2)n1C1CC1)C(=O)Nc1ccc(OC(F)F)cc1. The molecule has 2 heterocycles. The minimum absolute atomic E-state index is 0.0485. The lowest BCUT2D eigenvalue weighted by Gasteiger charge is -2.18. The Labute approximate surface area is 171 Å². The number of carbonyl (C=O) groups is 1. The van der Waals surface area contributed by atoms with Gasteiger partial charge in [0.1, 0.15) is 5.75 Å². The molecule has 1 unspecified atom stereocenters. The number of benzene rings is 1. The van der Waals surface area contributed by atoms with Gasteiger partial charge in [0, 0.05) is 24.8 Å². The standard InChI is InChI=1S/C19H23F2N5O2S/c1-12(16(27)22-13-4-8-15(9-5-13)28-17(20)21)29-19-24-23-18(25-10-2-3-11-25)26(19)14-6-7-14/h4-5,8-9,12,14,17H,2-3,6-7,10-11H2,1H3,(H,22,27). The van der Waals surface area contributed by atoms with Gasteiger partial charge in [-0.1, -0.05) is 11.8 Å². The van der Waals surface area contributed by atoms with Crippen molar-refractivity contribution in [1.82, 2.24) is 14.8 Å². The first-order valence-electron chi connectivity index (χ1n) is 9.73. The lowest BCUT2D eigenvalue weighted by molar-refractivity contribution is -0.115. The maximum Gasteiger partial charge on any atom is 0.387 e. The Morgan fingerprint density at radius 2 is 1.90 bits per heavy atom. The van der Waals surface area contributed by atoms with Crippen molar-refractivity contribution >= 4 is 29.3 Å². The van der Waals surface area contributed by atoms with E-state index in [2.05, 4.69) is 29.7 Å². The average Bonchev–Trinajstić information content (AvgIpc) is 3.21. The summed E-state index contributed by atoms with van der Waals surface area (Å²) in [7, 11) is 0. The summed E-state index contributed by atoms with van der Waals surface area (Å²) in [5, 5.41) is 11.9. The number of aromatic nitrogens is 3. The number of nitrogens with one attached hydrogen (secondary N) is 1. The molecule has 156 valence electrons. The first kappa shape index (κ1) is 19.9. The summed E-state index contributed by atoms with van der Waals surface area (Å²) in [5.41, 5.74) is 0.519. The molecule has 1 aromatic carbocycles. The molecule has 10 heteroatoms. The summed E-state index contributed by atoms with van der Waals surface area (Å²) in [6.45, 7) is 0.935. The van der Waals surface area contributed by atoms with Crippen molar-refractivity contribution in [2.75, 3.05) is 23.3 Å². The van der Waals surface area contributed by atoms with Gasteiger partial charge in [0.05, 0.1) is 5.25 Å². The van der Waals surface area contributed by atoms with Gasteiger partial charge in [0.15, 0.2) is 5.16 Å². The molecule has 1 saturated carbocycles. The lowest BCUT2D eigenvalue weighted by Crippen LogP contribution is -2.24. The number of anilines is 2. The maximum absolute atomic E-state index is 12.6. The van der Waals surface area contributed by atoms with Crippen LogP contribution in [0.15, 0.2) is 29.4 Å². The van der Waals surface area contributed by atoms with Gasteiger partial charge in [-0.25, -0.2) is 0 Å². The van der Waals surface area contributed by atoms with Crippen LogP contribution in [-0.2, 0) is 4.79 Å². The number of carbonyl (C=O) groups excluding carboxylic acids is 1. The summed E-state index contributed by atoms with van der Waals surface area (Å²) in [5.74, 6) is 0.771. The molecule has 29 heavy (non-hydrogen) atoms. The van der Waals surface area contributed by atoms with Crippen molar-refractivity contribution < 1.29 is 18.3 Å². The van der Waals surface area contributed by atoms with Crippen molar-refractivity contribution in [3.8, 4) is 5.75 Å². The molecule has 4 rings (SSSR count). The van der Waals surface area contributed by atoms with Crippen LogP contribution in [0, 0.1) is 0 Å². The minimum Gasteiger partial charge on any atom is -0.435 e. The van der Waals surface area contributed by atoms with E-state index in [1.807, 2.05) is 6.92 Å². The highest BCUT2D eigenvalue weighted by molar-refractivity contribution is 8.00. The third-order valence-electron chi connectivity index (χ3n) is 4.95. The van der Waals surface area contributed by atoms with Gasteiger partial charge in [-0.05, 0) is 56.9 Å². The predicted molar refractivity (Wildman–Crippen MR) is 107 cm³/mol. The summed E-state index contributed by atoms with van der Waals surface area (Å²) in [4.78, 5) is 14.9. The van der Waals surface area contributed by atoms with E-state index in [1.165, 1.54) is 48.9 Å². The van der Waals surface area contributed by atoms with Crippen LogP contribution in [0.25, 0.3) is 0 Å². The maximum atomic E-state index is 12.6. The lowest BCUT2D eigenvalue weighted by atomic mass is 10.3. The van der Waals surface area contributed by atoms with Crippen LogP contribution in [0.2, 0.25) is 0 Å². The van der Waals surface area contributed by atoms with E-state index in [9.17, 15) is 13.6 Å². The molecule has 1 saturated heterocycles. The fourth-order valence-electron chi connectivity index (χ4n) is 3.31. The number of halogens is 2. The zero-order chi connectivity index (χ0) is 20.4. The monoisotopic (exact) mass is 423 g/mol. The van der Waals surface area contributed by atoms with Gasteiger partial charge in [-0.3, -0.25) is 9.36 Å². The quantitative estimate of drug-likeness (QED) is 0.649. The Kier molecular flexibility index (Phi) is 5.89. The van der Waals surface area contributed by atoms with Crippen molar-refractivity contribution in [2.24, 2.45) is 0 Å². The number of nitrogens with zero attached hydrogens (tertiary/aromatic N) is 4. The number of alkyl halides is 2. The molecule has 1 amide bonds. The summed E-state index contributed by atoms with van der Waals surface area (Å²) < 4.78 is 30.9. The second-order valence-electron chi connectivity index (χ2n) is 7.23. The Balaban J connectivity index is 1.40. The van der Waals surface area contributed by atoms with Crippen LogP contribution < -0.4 is 15.0 Å². The molecular formula is C19H23F2N5O2S. The van der Waals surface area contributed by atoms with Gasteiger partial charge >= 0.3 is 6.61 Å². The van der Waals surface area contributed by atoms with Crippen LogP contribution in [0.5, 0.6) is 5.75 Å². The molecule has 1 atom stereocenters. The van der Waals surface area contributed by atoms with Crippen molar-refractivity contribution in [2.45, 2.75) is 55.7 Å². The Morgan fingerprint density at radius 3 is 2.52 bits per heavy atom. The van der Waals surface area contributed by atoms with E-state index < -0.39 is 6.61 Å². The number of amides is 1. The van der Waals surface area contributed by atoms with Gasteiger partial charge in [0.2, 0.25) is 11.9 Å². The number of thioether (sulfide) groups is 1. The molecule has 1 aliphatic heterocycles. The third-order valence-corrected chi connectivity index (χ3v) is 6.00. The van der Waals surface area contributed by atoms with Crippen LogP contribution in [0.3, 0.4) is 0 Å². The van der Waals surface area contributed by atoms with Crippen LogP contribution in [-0.4, -0.2) is 45.6 Å². The Bertz CT molecular complexity index is 851. The fourth-order valence-corrected chi connectivity index (χ4v) is 4.22. The van der Waals surface area contributed by atoms with Crippen LogP contribution >= 0.6 is 11.8 Å². The smallest absolute Gasteiger partial charge is 0.387 e. The molecule has 1 N–H and O–H groups in total. The summed E-state index contributed by atoms with van der Waals surface area (Å²) >= 11 is 1.38. The van der Waals surface area contributed by atoms with Crippen molar-refractivity contribution in [1.29, 1.82) is 0 Å².